The van der Waals surface area contributed by atoms with Crippen molar-refractivity contribution in [3.8, 4) is 45.8 Å². The quantitative estimate of drug-likeness (QED) is 0.194. The molecule has 9 rings (SSSR count). The lowest BCUT2D eigenvalue weighted by Crippen LogP contribution is -1.83. The van der Waals surface area contributed by atoms with Crippen molar-refractivity contribution in [1.82, 2.24) is 19.9 Å². The van der Waals surface area contributed by atoms with Gasteiger partial charge in [0.25, 0.3) is 0 Å². The molecule has 5 heterocycles. The third-order valence-electron chi connectivity index (χ3n) is 7.46. The standard InChI is InChI=1S/C32H20N4O4/c1-13-5-17-25-21(9-13)33-30(37-25)18-6-14(2)11-23-27(18)39-32(35-23)20-8-16(4)12-24-28(20)40-31(36-24)19-7-15(3)10-22-26(19)38-29(17)34-22/h5-12H,1-4H3. The fourth-order valence-electron chi connectivity index (χ4n) is 5.79. The van der Waals surface area contributed by atoms with Crippen LogP contribution in [-0.4, -0.2) is 19.9 Å². The predicted molar refractivity (Wildman–Crippen MR) is 151 cm³/mol. The first kappa shape index (κ1) is 21.7. The molecule has 0 amide bonds. The maximum atomic E-state index is 6.46. The molecule has 0 N–H and O–H groups in total. The third kappa shape index (κ3) is 2.90. The van der Waals surface area contributed by atoms with E-state index >= 15 is 0 Å². The second-order valence-corrected chi connectivity index (χ2v) is 10.7. The summed E-state index contributed by atoms with van der Waals surface area (Å²) in [5.74, 6) is 1.76. The number of hydrogen-bond acceptors (Lipinski definition) is 8. The monoisotopic (exact) mass is 524 g/mol. The molecule has 1 aliphatic rings. The van der Waals surface area contributed by atoms with Crippen LogP contribution < -0.4 is 0 Å². The summed E-state index contributed by atoms with van der Waals surface area (Å²) in [6.45, 7) is 8.07. The summed E-state index contributed by atoms with van der Waals surface area (Å²) in [6, 6.07) is 16.0. The molecule has 0 atom stereocenters. The van der Waals surface area contributed by atoms with Crippen molar-refractivity contribution in [3.05, 3.63) is 70.8 Å². The van der Waals surface area contributed by atoms with Crippen LogP contribution in [0, 0.1) is 27.7 Å². The van der Waals surface area contributed by atoms with Crippen LogP contribution in [0.25, 0.3) is 90.2 Å². The summed E-state index contributed by atoms with van der Waals surface area (Å²) in [7, 11) is 0. The van der Waals surface area contributed by atoms with Gasteiger partial charge in [0.2, 0.25) is 23.6 Å². The van der Waals surface area contributed by atoms with E-state index in [0.29, 0.717) is 68.0 Å². The number of oxazole rings is 4. The van der Waals surface area contributed by atoms with Crippen molar-refractivity contribution in [3.63, 3.8) is 0 Å². The fourth-order valence-corrected chi connectivity index (χ4v) is 5.79. The van der Waals surface area contributed by atoms with Gasteiger partial charge in [0.1, 0.15) is 22.1 Å². The highest BCUT2D eigenvalue weighted by atomic mass is 16.4. The highest BCUT2D eigenvalue weighted by molar-refractivity contribution is 5.99. The van der Waals surface area contributed by atoms with Crippen molar-refractivity contribution < 1.29 is 17.7 Å². The summed E-state index contributed by atoms with van der Waals surface area (Å²) < 4.78 is 25.9. The highest BCUT2D eigenvalue weighted by Crippen LogP contribution is 2.42. The van der Waals surface area contributed by atoms with Gasteiger partial charge in [0.15, 0.2) is 22.3 Å². The maximum Gasteiger partial charge on any atom is 0.231 e. The van der Waals surface area contributed by atoms with E-state index in [1.807, 2.05) is 76.2 Å². The SMILES string of the molecule is Cc1cc2c3oc(nc3c1)-c1cc(C)cc3nc(oc13)-c1cc(C)cc3nc(oc13)-c1cc(C)cc3nc-2oc13. The Morgan fingerprint density at radius 3 is 0.800 bits per heavy atom. The van der Waals surface area contributed by atoms with Crippen LogP contribution in [0.2, 0.25) is 0 Å². The average molecular weight is 525 g/mol. The molecule has 8 aromatic rings. The molecule has 0 saturated carbocycles. The first-order valence-corrected chi connectivity index (χ1v) is 13.0. The van der Waals surface area contributed by atoms with Gasteiger partial charge in [-0.2, -0.15) is 0 Å². The number of benzene rings is 4. The van der Waals surface area contributed by atoms with E-state index in [0.717, 1.165) is 44.5 Å². The van der Waals surface area contributed by atoms with E-state index in [-0.39, 0.29) is 0 Å². The average Bonchev–Trinajstić information content (AvgIpc) is 3.69. The Balaban J connectivity index is 1.50. The molecule has 0 radical (unpaired) electrons. The smallest absolute Gasteiger partial charge is 0.231 e. The lowest BCUT2D eigenvalue weighted by Gasteiger charge is -2.01. The minimum atomic E-state index is 0.439. The second kappa shape index (κ2) is 7.24. The number of fused-ring (bicyclic) bond motifs is 8. The van der Waals surface area contributed by atoms with Gasteiger partial charge in [0, 0.05) is 0 Å². The third-order valence-corrected chi connectivity index (χ3v) is 7.46. The Morgan fingerprint density at radius 2 is 0.575 bits per heavy atom. The number of nitrogens with zero attached hydrogens (tertiary/aromatic N) is 4. The molecule has 0 fully saturated rings. The molecule has 0 saturated heterocycles. The molecular formula is C32H20N4O4. The number of rotatable bonds is 0. The van der Waals surface area contributed by atoms with Crippen LogP contribution in [0.5, 0.6) is 0 Å². The lowest BCUT2D eigenvalue weighted by atomic mass is 10.1. The molecule has 4 aromatic carbocycles. The summed E-state index contributed by atoms with van der Waals surface area (Å²) in [5, 5.41) is 0. The van der Waals surface area contributed by atoms with Crippen LogP contribution in [0.15, 0.2) is 66.2 Å². The van der Waals surface area contributed by atoms with Crippen molar-refractivity contribution in [2.75, 3.05) is 0 Å². The van der Waals surface area contributed by atoms with Gasteiger partial charge in [-0.15, -0.1) is 0 Å². The van der Waals surface area contributed by atoms with E-state index in [9.17, 15) is 0 Å². The molecule has 192 valence electrons. The zero-order valence-corrected chi connectivity index (χ0v) is 22.0. The van der Waals surface area contributed by atoms with Crippen LogP contribution in [0.3, 0.4) is 0 Å². The Morgan fingerprint density at radius 1 is 0.350 bits per heavy atom. The van der Waals surface area contributed by atoms with Crippen molar-refractivity contribution in [2.45, 2.75) is 27.7 Å². The van der Waals surface area contributed by atoms with Gasteiger partial charge < -0.3 is 17.7 Å². The number of aromatic nitrogens is 4. The summed E-state index contributed by atoms with van der Waals surface area (Å²) in [5.41, 5.74) is 12.1. The molecular weight excluding hydrogens is 504 g/mol. The molecule has 4 aromatic heterocycles. The summed E-state index contributed by atoms with van der Waals surface area (Å²) in [6.07, 6.45) is 0. The molecule has 40 heavy (non-hydrogen) atoms. The zero-order valence-electron chi connectivity index (χ0n) is 22.0. The largest absolute Gasteiger partial charge is 0.435 e. The summed E-state index contributed by atoms with van der Waals surface area (Å²) in [4.78, 5) is 19.5. The first-order valence-electron chi connectivity index (χ1n) is 13.0. The molecule has 0 spiro atoms. The van der Waals surface area contributed by atoms with Gasteiger partial charge in [-0.1, -0.05) is 0 Å². The Hall–Kier alpha value is -5.24. The number of aryl methyl sites for hydroxylation is 4. The molecule has 1 aliphatic heterocycles. The lowest BCUT2D eigenvalue weighted by molar-refractivity contribution is 0.590. The van der Waals surface area contributed by atoms with Crippen molar-refractivity contribution >= 4 is 44.4 Å². The van der Waals surface area contributed by atoms with E-state index in [1.54, 1.807) is 0 Å². The van der Waals surface area contributed by atoms with Gasteiger partial charge in [-0.25, -0.2) is 19.9 Å². The van der Waals surface area contributed by atoms with E-state index in [1.165, 1.54) is 0 Å². The van der Waals surface area contributed by atoms with Gasteiger partial charge in [-0.3, -0.25) is 0 Å². The van der Waals surface area contributed by atoms with Gasteiger partial charge in [-0.05, 0) is 98.5 Å². The molecule has 8 nitrogen and oxygen atoms in total. The van der Waals surface area contributed by atoms with Crippen LogP contribution >= 0.6 is 0 Å². The predicted octanol–water partition coefficient (Wildman–Crippen LogP) is 8.47. The Bertz CT molecular complexity index is 2050. The minimum Gasteiger partial charge on any atom is -0.435 e. The maximum absolute atomic E-state index is 6.46. The van der Waals surface area contributed by atoms with Gasteiger partial charge in [0.05, 0.1) is 22.3 Å². The zero-order chi connectivity index (χ0) is 26.9. The topological polar surface area (TPSA) is 104 Å². The van der Waals surface area contributed by atoms with Gasteiger partial charge >= 0.3 is 0 Å². The van der Waals surface area contributed by atoms with E-state index in [4.69, 9.17) is 37.6 Å². The van der Waals surface area contributed by atoms with Crippen LogP contribution in [0.1, 0.15) is 22.3 Å². The minimum absolute atomic E-state index is 0.439. The van der Waals surface area contributed by atoms with Crippen molar-refractivity contribution in [2.24, 2.45) is 0 Å². The van der Waals surface area contributed by atoms with E-state index in [2.05, 4.69) is 0 Å². The van der Waals surface area contributed by atoms with E-state index < -0.39 is 0 Å². The number of hydrogen-bond donors (Lipinski definition) is 0. The van der Waals surface area contributed by atoms with Crippen molar-refractivity contribution in [1.29, 1.82) is 0 Å². The molecule has 8 bridgehead atoms. The molecule has 0 unspecified atom stereocenters. The second-order valence-electron chi connectivity index (χ2n) is 10.7. The fraction of sp³-hybridized carbons (Fsp3) is 0.125. The normalized spacial score (nSPS) is 12.5. The first-order chi connectivity index (χ1) is 19.4. The Labute approximate surface area is 226 Å². The Kier molecular flexibility index (Phi) is 3.92. The van der Waals surface area contributed by atoms with Crippen LogP contribution in [-0.2, 0) is 0 Å². The summed E-state index contributed by atoms with van der Waals surface area (Å²) >= 11 is 0. The molecule has 8 heteroatoms. The van der Waals surface area contributed by atoms with Crippen LogP contribution in [0.4, 0.5) is 0 Å². The highest BCUT2D eigenvalue weighted by Gasteiger charge is 2.26. The molecule has 0 aliphatic carbocycles.